The van der Waals surface area contributed by atoms with Crippen LogP contribution in [-0.2, 0) is 30.9 Å². The Morgan fingerprint density at radius 1 is 1.18 bits per heavy atom. The summed E-state index contributed by atoms with van der Waals surface area (Å²) >= 11 is 6.23. The maximum Gasteiger partial charge on any atom is 0.311 e. The molecule has 0 radical (unpaired) electrons. The summed E-state index contributed by atoms with van der Waals surface area (Å²) in [6, 6.07) is 12.1. The summed E-state index contributed by atoms with van der Waals surface area (Å²) in [4.78, 5) is 24.1. The third-order valence-corrected chi connectivity index (χ3v) is 8.35. The number of aromatic nitrogens is 1. The number of benzene rings is 2. The molecule has 2 aliphatic heterocycles. The maximum atomic E-state index is 15.6. The summed E-state index contributed by atoms with van der Waals surface area (Å²) in [7, 11) is 0. The molecular weight excluding hydrogens is 513 g/mol. The molecule has 0 spiro atoms. The number of aliphatic carboxylic acids is 1. The highest BCUT2D eigenvalue weighted by molar-refractivity contribution is 6.31. The Kier molecular flexibility index (Phi) is 7.05. The number of carboxylic acid groups (broad SMARTS) is 1. The molecule has 7 nitrogen and oxygen atoms in total. The Morgan fingerprint density at radius 2 is 1.92 bits per heavy atom. The van der Waals surface area contributed by atoms with Gasteiger partial charge in [0.2, 0.25) is 0 Å². The van der Waals surface area contributed by atoms with Gasteiger partial charge in [-0.1, -0.05) is 47.1 Å². The lowest BCUT2D eigenvalue weighted by molar-refractivity contribution is -0.175. The highest BCUT2D eigenvalue weighted by Gasteiger charge is 2.52. The first-order valence-corrected chi connectivity index (χ1v) is 13.0. The zero-order valence-electron chi connectivity index (χ0n) is 21.3. The van der Waals surface area contributed by atoms with E-state index in [2.05, 4.69) is 5.16 Å². The topological polar surface area (TPSA) is 98.9 Å². The van der Waals surface area contributed by atoms with Gasteiger partial charge in [0.1, 0.15) is 11.9 Å². The number of hydrogen-bond donors (Lipinski definition) is 1. The van der Waals surface area contributed by atoms with Crippen molar-refractivity contribution in [1.82, 2.24) is 5.16 Å². The number of carbonyl (C=O) groups is 2. The third kappa shape index (κ3) is 4.95. The first-order valence-electron chi connectivity index (χ1n) is 12.7. The van der Waals surface area contributed by atoms with Gasteiger partial charge in [-0.15, -0.1) is 0 Å². The molecule has 1 atom stereocenters. The van der Waals surface area contributed by atoms with Crippen LogP contribution in [0.15, 0.2) is 47.0 Å². The molecule has 9 heteroatoms. The van der Waals surface area contributed by atoms with E-state index in [4.69, 9.17) is 25.6 Å². The van der Waals surface area contributed by atoms with Crippen LogP contribution in [0.1, 0.15) is 67.5 Å². The molecule has 1 aromatic heterocycles. The molecule has 2 saturated heterocycles. The third-order valence-electron chi connectivity index (χ3n) is 8.01. The lowest BCUT2D eigenvalue weighted by atomic mass is 9.62. The van der Waals surface area contributed by atoms with Crippen molar-refractivity contribution in [3.05, 3.63) is 75.7 Å². The molecule has 3 aromatic rings. The number of esters is 1. The minimum atomic E-state index is -0.879. The number of carbonyl (C=O) groups excluding carboxylic acids is 1. The second kappa shape index (κ2) is 10.2. The Hall–Kier alpha value is -3.23. The van der Waals surface area contributed by atoms with Crippen LogP contribution in [0.2, 0.25) is 5.02 Å². The van der Waals surface area contributed by atoms with Gasteiger partial charge >= 0.3 is 11.9 Å². The summed E-state index contributed by atoms with van der Waals surface area (Å²) in [5.41, 5.74) is 1.65. The Bertz CT molecular complexity index is 1360. The monoisotopic (exact) mass is 541 g/mol. The van der Waals surface area contributed by atoms with E-state index in [-0.39, 0.29) is 12.8 Å². The molecule has 200 valence electrons. The van der Waals surface area contributed by atoms with Gasteiger partial charge in [-0.25, -0.2) is 4.39 Å². The second-order valence-electron chi connectivity index (χ2n) is 10.4. The van der Waals surface area contributed by atoms with Crippen molar-refractivity contribution < 1.29 is 33.1 Å². The smallest absolute Gasteiger partial charge is 0.311 e. The van der Waals surface area contributed by atoms with Crippen molar-refractivity contribution in [2.24, 2.45) is 0 Å². The summed E-state index contributed by atoms with van der Waals surface area (Å²) in [5.74, 6) is -1.44. The SMILES string of the molecule is Cc1noc(-c2ccc(C34CCC(CC(=O)O)(CC3)OC4)c(F)c2)c1CC(=O)O[C@H](C)c1ccccc1Cl. The molecule has 1 aliphatic carbocycles. The molecule has 6 rings (SSSR count). The number of halogens is 2. The molecule has 3 aliphatic rings. The quantitative estimate of drug-likeness (QED) is 0.332. The highest BCUT2D eigenvalue weighted by atomic mass is 35.5. The van der Waals surface area contributed by atoms with Crippen molar-refractivity contribution in [3.8, 4) is 11.3 Å². The van der Waals surface area contributed by atoms with E-state index in [9.17, 15) is 14.7 Å². The van der Waals surface area contributed by atoms with Crippen molar-refractivity contribution in [3.63, 3.8) is 0 Å². The average molecular weight is 542 g/mol. The van der Waals surface area contributed by atoms with Crippen LogP contribution in [0.25, 0.3) is 11.3 Å². The van der Waals surface area contributed by atoms with Gasteiger partial charge in [-0.3, -0.25) is 9.59 Å². The standard InChI is InChI=1S/C29H29ClFNO6/c1-17-21(14-26(35)37-18(2)20-5-3-4-6-23(20)30)27(38-32-17)19-7-8-22(24(31)13-19)28-9-11-29(12-10-28,36-16-28)15-25(33)34/h3-8,13,18H,9-12,14-16H2,1-2H3,(H,33,34)/t18-,28?,29?/m1/s1. The minimum absolute atomic E-state index is 0.0300. The molecule has 0 amide bonds. The number of rotatable bonds is 8. The summed E-state index contributed by atoms with van der Waals surface area (Å²) in [6.07, 6.45) is 1.83. The second-order valence-corrected chi connectivity index (χ2v) is 10.8. The van der Waals surface area contributed by atoms with E-state index in [1.165, 1.54) is 6.07 Å². The van der Waals surface area contributed by atoms with Crippen LogP contribution in [0.4, 0.5) is 4.39 Å². The summed E-state index contributed by atoms with van der Waals surface area (Å²) in [6.45, 7) is 3.76. The van der Waals surface area contributed by atoms with Crippen LogP contribution in [-0.4, -0.2) is 34.4 Å². The predicted octanol–water partition coefficient (Wildman–Crippen LogP) is 6.34. The van der Waals surface area contributed by atoms with Gasteiger partial charge in [-0.2, -0.15) is 0 Å². The van der Waals surface area contributed by atoms with Crippen LogP contribution in [0, 0.1) is 12.7 Å². The van der Waals surface area contributed by atoms with Crippen LogP contribution in [0.5, 0.6) is 0 Å². The molecule has 2 bridgehead atoms. The van der Waals surface area contributed by atoms with Gasteiger partial charge in [-0.05, 0) is 57.2 Å². The van der Waals surface area contributed by atoms with E-state index in [0.717, 1.165) is 0 Å². The number of ether oxygens (including phenoxy) is 2. The lowest BCUT2D eigenvalue weighted by Crippen LogP contribution is -2.54. The van der Waals surface area contributed by atoms with Crippen molar-refractivity contribution in [2.75, 3.05) is 6.61 Å². The fourth-order valence-corrected chi connectivity index (χ4v) is 6.07. The van der Waals surface area contributed by atoms with Gasteiger partial charge < -0.3 is 19.1 Å². The zero-order valence-corrected chi connectivity index (χ0v) is 22.0. The van der Waals surface area contributed by atoms with E-state index < -0.39 is 34.9 Å². The van der Waals surface area contributed by atoms with Gasteiger partial charge in [0.15, 0.2) is 5.76 Å². The van der Waals surface area contributed by atoms with Crippen molar-refractivity contribution >= 4 is 23.5 Å². The fraction of sp³-hybridized carbons (Fsp3) is 0.414. The van der Waals surface area contributed by atoms with E-state index in [1.807, 2.05) is 6.07 Å². The summed E-state index contributed by atoms with van der Waals surface area (Å²) < 4.78 is 32.7. The van der Waals surface area contributed by atoms with Gasteiger partial charge in [0, 0.05) is 27.1 Å². The zero-order chi connectivity index (χ0) is 27.1. The van der Waals surface area contributed by atoms with Crippen LogP contribution < -0.4 is 0 Å². The van der Waals surface area contributed by atoms with Gasteiger partial charge in [0.25, 0.3) is 0 Å². The predicted molar refractivity (Wildman–Crippen MR) is 137 cm³/mol. The maximum absolute atomic E-state index is 15.6. The molecule has 38 heavy (non-hydrogen) atoms. The minimum Gasteiger partial charge on any atom is -0.481 e. The van der Waals surface area contributed by atoms with Gasteiger partial charge in [0.05, 0.1) is 30.7 Å². The number of hydrogen-bond acceptors (Lipinski definition) is 6. The lowest BCUT2D eigenvalue weighted by Gasteiger charge is -2.53. The molecule has 2 aromatic carbocycles. The Labute approximate surface area is 224 Å². The number of nitrogens with zero attached hydrogens (tertiary/aromatic N) is 1. The van der Waals surface area contributed by atoms with E-state index in [1.54, 1.807) is 44.2 Å². The Balaban J connectivity index is 1.33. The van der Waals surface area contributed by atoms with E-state index >= 15 is 4.39 Å². The first kappa shape index (κ1) is 26.4. The molecule has 0 unspecified atom stereocenters. The normalized spacial score (nSPS) is 23.3. The molecule has 1 saturated carbocycles. The average Bonchev–Trinajstić information content (AvgIpc) is 3.24. The fourth-order valence-electron chi connectivity index (χ4n) is 5.78. The number of carboxylic acids is 1. The summed E-state index contributed by atoms with van der Waals surface area (Å²) in [5, 5.41) is 13.8. The van der Waals surface area contributed by atoms with Crippen molar-refractivity contribution in [2.45, 2.75) is 69.5 Å². The molecular formula is C29H29ClFNO6. The highest BCUT2D eigenvalue weighted by Crippen LogP contribution is 2.52. The Morgan fingerprint density at radius 3 is 2.55 bits per heavy atom. The molecule has 3 fully saturated rings. The van der Waals surface area contributed by atoms with Crippen LogP contribution in [0.3, 0.4) is 0 Å². The molecule has 3 heterocycles. The number of aryl methyl sites for hydroxylation is 1. The largest absolute Gasteiger partial charge is 0.481 e. The van der Waals surface area contributed by atoms with Crippen molar-refractivity contribution in [1.29, 1.82) is 0 Å². The number of fused-ring (bicyclic) bond motifs is 3. The van der Waals surface area contributed by atoms with Crippen LogP contribution >= 0.6 is 11.6 Å². The first-order chi connectivity index (χ1) is 18.1. The van der Waals surface area contributed by atoms with E-state index in [0.29, 0.717) is 71.0 Å². The molecule has 1 N–H and O–H groups in total.